The van der Waals surface area contributed by atoms with E-state index in [9.17, 15) is 4.79 Å². The number of carbonyl (C=O) groups excluding carboxylic acids is 1. The van der Waals surface area contributed by atoms with Crippen LogP contribution in [0.15, 0.2) is 42.5 Å². The third kappa shape index (κ3) is 2.96. The molecule has 3 heteroatoms. The highest BCUT2D eigenvalue weighted by Crippen LogP contribution is 2.34. The average Bonchev–Trinajstić information content (AvgIpc) is 2.47. The molecule has 1 unspecified atom stereocenters. The molecule has 1 aliphatic carbocycles. The zero-order chi connectivity index (χ0) is 14.8. The summed E-state index contributed by atoms with van der Waals surface area (Å²) in [6.45, 7) is 1.51. The van der Waals surface area contributed by atoms with Crippen molar-refractivity contribution in [1.29, 1.82) is 0 Å². The van der Waals surface area contributed by atoms with E-state index in [2.05, 4.69) is 18.2 Å². The first-order valence-corrected chi connectivity index (χ1v) is 7.58. The summed E-state index contributed by atoms with van der Waals surface area (Å²) in [5.74, 6) is 0.682. The molecule has 21 heavy (non-hydrogen) atoms. The van der Waals surface area contributed by atoms with E-state index in [4.69, 9.17) is 16.3 Å². The second kappa shape index (κ2) is 5.90. The molecule has 0 radical (unpaired) electrons. The number of ether oxygens (including phenoxy) is 1. The Bertz CT molecular complexity index is 679. The van der Waals surface area contributed by atoms with E-state index in [1.807, 2.05) is 12.1 Å². The molecular formula is C18H17ClO2. The Hall–Kier alpha value is -1.80. The van der Waals surface area contributed by atoms with Crippen LogP contribution in [0.2, 0.25) is 5.02 Å². The first kappa shape index (κ1) is 14.2. The molecule has 3 rings (SSSR count). The van der Waals surface area contributed by atoms with E-state index in [1.54, 1.807) is 12.1 Å². The van der Waals surface area contributed by atoms with Crippen molar-refractivity contribution in [1.82, 2.24) is 0 Å². The Morgan fingerprint density at radius 1 is 1.24 bits per heavy atom. The molecule has 1 aliphatic rings. The predicted molar refractivity (Wildman–Crippen MR) is 84.2 cm³/mol. The van der Waals surface area contributed by atoms with Crippen molar-refractivity contribution in [3.8, 4) is 5.75 Å². The third-order valence-electron chi connectivity index (χ3n) is 3.91. The Balaban J connectivity index is 1.85. The number of Topliss-reactive ketones (excluding diaryl/α,β-unsaturated/α-hetero) is 1. The molecule has 0 amide bonds. The summed E-state index contributed by atoms with van der Waals surface area (Å²) in [7, 11) is 0. The van der Waals surface area contributed by atoms with E-state index in [0.29, 0.717) is 16.3 Å². The van der Waals surface area contributed by atoms with Gasteiger partial charge in [0.2, 0.25) is 0 Å². The highest BCUT2D eigenvalue weighted by molar-refractivity contribution is 6.34. The molecule has 0 fully saturated rings. The van der Waals surface area contributed by atoms with Crippen LogP contribution in [0, 0.1) is 0 Å². The van der Waals surface area contributed by atoms with Crippen molar-refractivity contribution in [2.24, 2.45) is 0 Å². The van der Waals surface area contributed by atoms with Gasteiger partial charge >= 0.3 is 0 Å². The van der Waals surface area contributed by atoms with Crippen LogP contribution in [0.5, 0.6) is 5.75 Å². The molecule has 0 aliphatic heterocycles. The van der Waals surface area contributed by atoms with Crippen LogP contribution >= 0.6 is 11.6 Å². The van der Waals surface area contributed by atoms with Crippen LogP contribution < -0.4 is 4.74 Å². The summed E-state index contributed by atoms with van der Waals surface area (Å²) in [6.07, 6.45) is 3.30. The van der Waals surface area contributed by atoms with Gasteiger partial charge in [0.15, 0.2) is 5.78 Å². The second-order valence-electron chi connectivity index (χ2n) is 5.40. The molecule has 108 valence electrons. The van der Waals surface area contributed by atoms with Gasteiger partial charge in [-0.05, 0) is 55.5 Å². The van der Waals surface area contributed by atoms with Crippen molar-refractivity contribution in [2.75, 3.05) is 0 Å². The fraction of sp³-hybridized carbons (Fsp3) is 0.278. The number of aryl methyl sites for hydroxylation is 1. The maximum absolute atomic E-state index is 11.4. The summed E-state index contributed by atoms with van der Waals surface area (Å²) in [5.41, 5.74) is 3.16. The van der Waals surface area contributed by atoms with Gasteiger partial charge in [-0.25, -0.2) is 0 Å². The van der Waals surface area contributed by atoms with E-state index in [0.717, 1.165) is 19.3 Å². The number of hydrogen-bond acceptors (Lipinski definition) is 2. The van der Waals surface area contributed by atoms with Crippen LogP contribution in [0.4, 0.5) is 0 Å². The molecule has 0 saturated carbocycles. The molecule has 0 heterocycles. The largest absolute Gasteiger partial charge is 0.486 e. The summed E-state index contributed by atoms with van der Waals surface area (Å²) < 4.78 is 6.10. The molecule has 0 aromatic heterocycles. The van der Waals surface area contributed by atoms with Crippen LogP contribution in [0.25, 0.3) is 0 Å². The lowest BCUT2D eigenvalue weighted by Gasteiger charge is -2.26. The molecule has 2 aromatic carbocycles. The monoisotopic (exact) mass is 300 g/mol. The van der Waals surface area contributed by atoms with Gasteiger partial charge in [-0.3, -0.25) is 4.79 Å². The first-order chi connectivity index (χ1) is 10.1. The molecule has 0 bridgehead atoms. The molecule has 2 nitrogen and oxygen atoms in total. The standard InChI is InChI=1S/C18H17ClO2/c1-12(20)15-10-9-14(11-17(15)19)21-18-8-4-6-13-5-2-3-7-16(13)18/h2-3,5,7,9-11,18H,4,6,8H2,1H3. The van der Waals surface area contributed by atoms with Gasteiger partial charge < -0.3 is 4.74 Å². The minimum atomic E-state index is -0.0328. The van der Waals surface area contributed by atoms with Gasteiger partial charge in [-0.15, -0.1) is 0 Å². The van der Waals surface area contributed by atoms with Crippen LogP contribution in [-0.4, -0.2) is 5.78 Å². The number of rotatable bonds is 3. The minimum absolute atomic E-state index is 0.0328. The summed E-state index contributed by atoms with van der Waals surface area (Å²) in [5, 5.41) is 0.448. The quantitative estimate of drug-likeness (QED) is 0.746. The average molecular weight is 301 g/mol. The number of ketones is 1. The molecule has 2 aromatic rings. The van der Waals surface area contributed by atoms with E-state index in [-0.39, 0.29) is 11.9 Å². The van der Waals surface area contributed by atoms with Crippen molar-refractivity contribution < 1.29 is 9.53 Å². The minimum Gasteiger partial charge on any atom is -0.486 e. The van der Waals surface area contributed by atoms with E-state index < -0.39 is 0 Å². The Kier molecular flexibility index (Phi) is 3.98. The number of hydrogen-bond donors (Lipinski definition) is 0. The lowest BCUT2D eigenvalue weighted by molar-refractivity contribution is 0.101. The lowest BCUT2D eigenvalue weighted by atomic mass is 9.89. The van der Waals surface area contributed by atoms with Gasteiger partial charge in [0, 0.05) is 5.56 Å². The van der Waals surface area contributed by atoms with Crippen LogP contribution in [0.3, 0.4) is 0 Å². The van der Waals surface area contributed by atoms with Crippen molar-refractivity contribution in [3.63, 3.8) is 0 Å². The van der Waals surface area contributed by atoms with E-state index in [1.165, 1.54) is 18.1 Å². The topological polar surface area (TPSA) is 26.3 Å². The second-order valence-corrected chi connectivity index (χ2v) is 5.80. The smallest absolute Gasteiger partial charge is 0.161 e. The number of fused-ring (bicyclic) bond motifs is 1. The molecule has 1 atom stereocenters. The highest BCUT2D eigenvalue weighted by Gasteiger charge is 2.21. The van der Waals surface area contributed by atoms with Crippen LogP contribution in [-0.2, 0) is 6.42 Å². The van der Waals surface area contributed by atoms with Gasteiger partial charge in [0.25, 0.3) is 0 Å². The molecule has 0 saturated heterocycles. The van der Waals surface area contributed by atoms with Crippen LogP contribution in [0.1, 0.15) is 47.4 Å². The van der Waals surface area contributed by atoms with E-state index >= 15 is 0 Å². The molecule has 0 spiro atoms. The fourth-order valence-corrected chi connectivity index (χ4v) is 3.15. The van der Waals surface area contributed by atoms with Crippen molar-refractivity contribution >= 4 is 17.4 Å². The lowest BCUT2D eigenvalue weighted by Crippen LogP contribution is -2.15. The first-order valence-electron chi connectivity index (χ1n) is 7.20. The number of benzene rings is 2. The molecule has 0 N–H and O–H groups in total. The highest BCUT2D eigenvalue weighted by atomic mass is 35.5. The Morgan fingerprint density at radius 3 is 2.81 bits per heavy atom. The van der Waals surface area contributed by atoms with Gasteiger partial charge in [0.05, 0.1) is 5.02 Å². The summed E-state index contributed by atoms with van der Waals surface area (Å²) in [4.78, 5) is 11.4. The zero-order valence-corrected chi connectivity index (χ0v) is 12.7. The number of halogens is 1. The maximum atomic E-state index is 11.4. The fourth-order valence-electron chi connectivity index (χ4n) is 2.85. The Labute approximate surface area is 129 Å². The van der Waals surface area contributed by atoms with Crippen molar-refractivity contribution in [3.05, 3.63) is 64.2 Å². The molecular weight excluding hydrogens is 284 g/mol. The Morgan fingerprint density at radius 2 is 2.05 bits per heavy atom. The van der Waals surface area contributed by atoms with Gasteiger partial charge in [0.1, 0.15) is 11.9 Å². The van der Waals surface area contributed by atoms with Gasteiger partial charge in [-0.1, -0.05) is 35.9 Å². The normalized spacial score (nSPS) is 17.1. The predicted octanol–water partition coefficient (Wildman–Crippen LogP) is 5.00. The third-order valence-corrected chi connectivity index (χ3v) is 4.23. The SMILES string of the molecule is CC(=O)c1ccc(OC2CCCc3ccccc32)cc1Cl. The maximum Gasteiger partial charge on any atom is 0.161 e. The van der Waals surface area contributed by atoms with Crippen molar-refractivity contribution in [2.45, 2.75) is 32.3 Å². The van der Waals surface area contributed by atoms with Gasteiger partial charge in [-0.2, -0.15) is 0 Å². The summed E-state index contributed by atoms with van der Waals surface area (Å²) >= 11 is 6.14. The summed E-state index contributed by atoms with van der Waals surface area (Å²) in [6, 6.07) is 13.7. The zero-order valence-electron chi connectivity index (χ0n) is 11.9. The number of carbonyl (C=O) groups is 1.